The number of benzene rings is 1. The van der Waals surface area contributed by atoms with Crippen LogP contribution < -0.4 is 0 Å². The maximum atomic E-state index is 13.3. The Hall–Kier alpha value is -1.85. The van der Waals surface area contributed by atoms with Crippen LogP contribution in [0.1, 0.15) is 17.5 Å². The molecule has 1 spiro atoms. The molecule has 2 aliphatic rings. The molecule has 0 radical (unpaired) electrons. The Morgan fingerprint density at radius 2 is 1.96 bits per heavy atom. The van der Waals surface area contributed by atoms with E-state index in [4.69, 9.17) is 4.74 Å². The summed E-state index contributed by atoms with van der Waals surface area (Å²) in [5.74, 6) is -1.03. The van der Waals surface area contributed by atoms with E-state index in [1.165, 1.54) is 17.7 Å². The smallest absolute Gasteiger partial charge is 0.126 e. The second kappa shape index (κ2) is 6.22. The first-order chi connectivity index (χ1) is 11.6. The van der Waals surface area contributed by atoms with Gasteiger partial charge in [-0.2, -0.15) is 0 Å². The predicted molar refractivity (Wildman–Crippen MR) is 86.4 cm³/mol. The number of aromatic nitrogens is 1. The van der Waals surface area contributed by atoms with E-state index in [0.717, 1.165) is 38.6 Å². The molecular formula is C19H20F2N2O. The van der Waals surface area contributed by atoms with Gasteiger partial charge < -0.3 is 4.74 Å². The Balaban J connectivity index is 1.31. The second-order valence-electron chi connectivity index (χ2n) is 7.13. The molecule has 1 unspecified atom stereocenters. The Bertz CT molecular complexity index is 696. The molecule has 1 aromatic carbocycles. The van der Waals surface area contributed by atoms with Crippen LogP contribution >= 0.6 is 0 Å². The highest BCUT2D eigenvalue weighted by Gasteiger charge is 2.48. The summed E-state index contributed by atoms with van der Waals surface area (Å²) in [4.78, 5) is 6.37. The highest BCUT2D eigenvalue weighted by atomic mass is 19.1. The normalized spacial score (nSPS) is 22.7. The van der Waals surface area contributed by atoms with Crippen LogP contribution in [-0.2, 0) is 17.7 Å². The third-order valence-electron chi connectivity index (χ3n) is 4.92. The van der Waals surface area contributed by atoms with Crippen molar-refractivity contribution in [2.75, 3.05) is 19.7 Å². The molecule has 0 aliphatic carbocycles. The van der Waals surface area contributed by atoms with E-state index in [-0.39, 0.29) is 11.5 Å². The molecule has 2 fully saturated rings. The second-order valence-corrected chi connectivity index (χ2v) is 7.13. The number of hydrogen-bond donors (Lipinski definition) is 0. The van der Waals surface area contributed by atoms with Crippen LogP contribution in [-0.4, -0.2) is 35.7 Å². The molecule has 0 amide bonds. The van der Waals surface area contributed by atoms with Gasteiger partial charge in [0.2, 0.25) is 0 Å². The summed E-state index contributed by atoms with van der Waals surface area (Å²) < 4.78 is 32.5. The van der Waals surface area contributed by atoms with E-state index in [0.29, 0.717) is 12.1 Å². The fourth-order valence-corrected chi connectivity index (χ4v) is 4.00. The number of hydrogen-bond acceptors (Lipinski definition) is 3. The summed E-state index contributed by atoms with van der Waals surface area (Å²) in [6.45, 7) is 3.21. The van der Waals surface area contributed by atoms with E-state index in [9.17, 15) is 8.78 Å². The Morgan fingerprint density at radius 3 is 2.67 bits per heavy atom. The van der Waals surface area contributed by atoms with E-state index >= 15 is 0 Å². The summed E-state index contributed by atoms with van der Waals surface area (Å²) in [7, 11) is 0. The average molecular weight is 330 g/mol. The van der Waals surface area contributed by atoms with E-state index in [1.807, 2.05) is 12.3 Å². The molecule has 4 rings (SSSR count). The highest BCUT2D eigenvalue weighted by Crippen LogP contribution is 2.42. The number of ether oxygens (including phenoxy) is 1. The van der Waals surface area contributed by atoms with Crippen LogP contribution in [0, 0.1) is 17.0 Å². The Labute approximate surface area is 140 Å². The summed E-state index contributed by atoms with van der Waals surface area (Å²) in [6, 6.07) is 7.75. The standard InChI is InChI=1S/C19H20F2N2O/c20-16-4-15(5-17(21)7-16)10-23-11-19(12-23)8-18(24-13-19)6-14-2-1-3-22-9-14/h1-5,7,9,18H,6,8,10-13H2. The minimum atomic E-state index is -0.513. The third kappa shape index (κ3) is 3.32. The maximum absolute atomic E-state index is 13.3. The lowest BCUT2D eigenvalue weighted by Crippen LogP contribution is -2.56. The number of rotatable bonds is 4. The van der Waals surface area contributed by atoms with Crippen molar-refractivity contribution in [2.45, 2.75) is 25.5 Å². The van der Waals surface area contributed by atoms with Gasteiger partial charge in [-0.3, -0.25) is 9.88 Å². The molecule has 0 N–H and O–H groups in total. The monoisotopic (exact) mass is 330 g/mol. The van der Waals surface area contributed by atoms with E-state index in [2.05, 4.69) is 16.0 Å². The largest absolute Gasteiger partial charge is 0.377 e. The molecule has 2 saturated heterocycles. The maximum Gasteiger partial charge on any atom is 0.126 e. The summed E-state index contributed by atoms with van der Waals surface area (Å²) in [6.07, 6.45) is 5.84. The lowest BCUT2D eigenvalue weighted by atomic mass is 9.77. The van der Waals surface area contributed by atoms with Crippen LogP contribution in [0.25, 0.3) is 0 Å². The quantitative estimate of drug-likeness (QED) is 0.861. The van der Waals surface area contributed by atoms with Crippen molar-refractivity contribution in [3.05, 3.63) is 65.5 Å². The van der Waals surface area contributed by atoms with Gasteiger partial charge in [-0.25, -0.2) is 8.78 Å². The first-order valence-electron chi connectivity index (χ1n) is 8.28. The molecule has 1 aromatic heterocycles. The van der Waals surface area contributed by atoms with Crippen molar-refractivity contribution < 1.29 is 13.5 Å². The molecule has 1 atom stereocenters. The van der Waals surface area contributed by atoms with Gasteiger partial charge in [-0.05, 0) is 35.7 Å². The van der Waals surface area contributed by atoms with Gasteiger partial charge in [0.25, 0.3) is 0 Å². The number of nitrogens with zero attached hydrogens (tertiary/aromatic N) is 2. The first-order valence-corrected chi connectivity index (χ1v) is 8.28. The molecule has 3 nitrogen and oxygen atoms in total. The lowest BCUT2D eigenvalue weighted by molar-refractivity contribution is -0.0141. The first kappa shape index (κ1) is 15.7. The molecule has 2 aromatic rings. The molecule has 0 saturated carbocycles. The topological polar surface area (TPSA) is 25.4 Å². The predicted octanol–water partition coefficient (Wildman–Crippen LogP) is 3.19. The van der Waals surface area contributed by atoms with E-state index in [1.54, 1.807) is 6.20 Å². The van der Waals surface area contributed by atoms with Gasteiger partial charge in [0.05, 0.1) is 12.7 Å². The molecular weight excluding hydrogens is 310 g/mol. The van der Waals surface area contributed by atoms with Gasteiger partial charge in [0.1, 0.15) is 11.6 Å². The van der Waals surface area contributed by atoms with Gasteiger partial charge in [0, 0.05) is 49.9 Å². The molecule has 24 heavy (non-hydrogen) atoms. The van der Waals surface area contributed by atoms with E-state index < -0.39 is 11.6 Å². The fraction of sp³-hybridized carbons (Fsp3) is 0.421. The summed E-state index contributed by atoms with van der Waals surface area (Å²) in [5.41, 5.74) is 2.10. The third-order valence-corrected chi connectivity index (χ3v) is 4.92. The van der Waals surface area contributed by atoms with Gasteiger partial charge >= 0.3 is 0 Å². The van der Waals surface area contributed by atoms with Gasteiger partial charge in [-0.1, -0.05) is 6.07 Å². The SMILES string of the molecule is Fc1cc(F)cc(CN2CC3(COC(Cc4cccnc4)C3)C2)c1. The van der Waals surface area contributed by atoms with Crippen LogP contribution in [0.3, 0.4) is 0 Å². The zero-order valence-electron chi connectivity index (χ0n) is 13.4. The number of pyridine rings is 1. The fourth-order valence-electron chi connectivity index (χ4n) is 4.00. The Morgan fingerprint density at radius 1 is 1.17 bits per heavy atom. The van der Waals surface area contributed by atoms with Crippen molar-refractivity contribution >= 4 is 0 Å². The van der Waals surface area contributed by atoms with Crippen molar-refractivity contribution in [3.63, 3.8) is 0 Å². The minimum absolute atomic E-state index is 0.207. The average Bonchev–Trinajstić information content (AvgIpc) is 2.91. The zero-order chi connectivity index (χ0) is 16.6. The van der Waals surface area contributed by atoms with Crippen LogP contribution in [0.5, 0.6) is 0 Å². The summed E-state index contributed by atoms with van der Waals surface area (Å²) in [5, 5.41) is 0. The lowest BCUT2D eigenvalue weighted by Gasteiger charge is -2.47. The molecule has 5 heteroatoms. The van der Waals surface area contributed by atoms with Crippen molar-refractivity contribution in [1.29, 1.82) is 0 Å². The molecule has 3 heterocycles. The van der Waals surface area contributed by atoms with Gasteiger partial charge in [0.15, 0.2) is 0 Å². The number of likely N-dealkylation sites (tertiary alicyclic amines) is 1. The van der Waals surface area contributed by atoms with Crippen molar-refractivity contribution in [3.8, 4) is 0 Å². The van der Waals surface area contributed by atoms with Crippen molar-refractivity contribution in [1.82, 2.24) is 9.88 Å². The Kier molecular flexibility index (Phi) is 4.06. The van der Waals surface area contributed by atoms with Crippen LogP contribution in [0.2, 0.25) is 0 Å². The highest BCUT2D eigenvalue weighted by molar-refractivity contribution is 5.19. The van der Waals surface area contributed by atoms with Crippen LogP contribution in [0.4, 0.5) is 8.78 Å². The molecule has 126 valence electrons. The van der Waals surface area contributed by atoms with Crippen LogP contribution in [0.15, 0.2) is 42.7 Å². The number of halogens is 2. The molecule has 2 aliphatic heterocycles. The van der Waals surface area contributed by atoms with Crippen molar-refractivity contribution in [2.24, 2.45) is 5.41 Å². The minimum Gasteiger partial charge on any atom is -0.377 e. The molecule has 0 bridgehead atoms. The zero-order valence-corrected chi connectivity index (χ0v) is 13.4. The summed E-state index contributed by atoms with van der Waals surface area (Å²) >= 11 is 0. The van der Waals surface area contributed by atoms with Gasteiger partial charge in [-0.15, -0.1) is 0 Å².